The zero-order valence-corrected chi connectivity index (χ0v) is 9.43. The van der Waals surface area contributed by atoms with E-state index in [0.29, 0.717) is 11.3 Å². The Balaban J connectivity index is 2.80. The van der Waals surface area contributed by atoms with Gasteiger partial charge in [0.05, 0.1) is 0 Å². The molecule has 1 aromatic carbocycles. The first-order valence-electron chi connectivity index (χ1n) is 5.02. The summed E-state index contributed by atoms with van der Waals surface area (Å²) in [7, 11) is 1.51. The summed E-state index contributed by atoms with van der Waals surface area (Å²) < 4.78 is 5.99. The minimum atomic E-state index is -1.28. The lowest BCUT2D eigenvalue weighted by Crippen LogP contribution is -2.10. The molecule has 1 N–H and O–H groups in total. The molecule has 0 saturated carbocycles. The van der Waals surface area contributed by atoms with E-state index in [1.165, 1.54) is 11.8 Å². The molecule has 1 heterocycles. The molecule has 2 aromatic rings. The van der Waals surface area contributed by atoms with E-state index in [-0.39, 0.29) is 5.56 Å². The highest BCUT2D eigenvalue weighted by Gasteiger charge is 2.23. The smallest absolute Gasteiger partial charge is 0.372 e. The number of carbonyl (C=O) groups is 1. The van der Waals surface area contributed by atoms with Crippen molar-refractivity contribution in [3.8, 4) is 11.3 Å². The number of benzene rings is 1. The summed E-state index contributed by atoms with van der Waals surface area (Å²) in [5.41, 5.74) is 0.685. The molecule has 17 heavy (non-hydrogen) atoms. The predicted octanol–water partition coefficient (Wildman–Crippen LogP) is 1.65. The Morgan fingerprint density at radius 1 is 1.35 bits per heavy atom. The molecular formula is C12H11NO4. The molecule has 0 radical (unpaired) electrons. The van der Waals surface area contributed by atoms with Crippen LogP contribution >= 0.6 is 0 Å². The van der Waals surface area contributed by atoms with Gasteiger partial charge in [-0.25, -0.2) is 14.3 Å². The molecule has 1 aromatic heterocycles. The van der Waals surface area contributed by atoms with Gasteiger partial charge in [0.15, 0.2) is 5.56 Å². The van der Waals surface area contributed by atoms with Crippen LogP contribution in [0.1, 0.15) is 15.9 Å². The number of nitrogens with zero attached hydrogens (tertiary/aromatic N) is 1. The van der Waals surface area contributed by atoms with Gasteiger partial charge in [0.1, 0.15) is 5.69 Å². The molecule has 2 rings (SSSR count). The molecule has 5 nitrogen and oxygen atoms in total. The number of rotatable bonds is 2. The first kappa shape index (κ1) is 11.2. The van der Waals surface area contributed by atoms with Gasteiger partial charge in [-0.05, 0) is 12.5 Å². The first-order chi connectivity index (χ1) is 8.02. The van der Waals surface area contributed by atoms with Gasteiger partial charge in [-0.1, -0.05) is 24.3 Å². The maximum atomic E-state index is 11.4. The summed E-state index contributed by atoms with van der Waals surface area (Å²) in [5.74, 6) is -1.28. The Hall–Kier alpha value is -2.30. The molecule has 0 aliphatic heterocycles. The number of carboxylic acids is 1. The number of aromatic nitrogens is 1. The van der Waals surface area contributed by atoms with Crippen LogP contribution in [0.2, 0.25) is 0 Å². The highest BCUT2D eigenvalue weighted by Crippen LogP contribution is 2.25. The topological polar surface area (TPSA) is 72.4 Å². The van der Waals surface area contributed by atoms with Crippen LogP contribution in [-0.2, 0) is 7.05 Å². The molecule has 0 aliphatic carbocycles. The number of hydrogen-bond acceptors (Lipinski definition) is 3. The predicted molar refractivity (Wildman–Crippen MR) is 61.1 cm³/mol. The Bertz CT molecular complexity index is 636. The van der Waals surface area contributed by atoms with Crippen molar-refractivity contribution in [3.05, 3.63) is 45.8 Å². The standard InChI is InChI=1S/C12H11NO4/c1-7-5-3-4-6-8(7)10-9(11(14)15)12(16)17-13(10)2/h3-6H,1-2H3,(H,14,15). The van der Waals surface area contributed by atoms with Gasteiger partial charge in [0.2, 0.25) is 0 Å². The van der Waals surface area contributed by atoms with Crippen molar-refractivity contribution in [2.75, 3.05) is 0 Å². The SMILES string of the molecule is Cc1ccccc1-c1c(C(=O)O)c(=O)on1C. The second kappa shape index (κ2) is 3.93. The molecular weight excluding hydrogens is 222 g/mol. The van der Waals surface area contributed by atoms with E-state index < -0.39 is 11.6 Å². The van der Waals surface area contributed by atoms with Crippen molar-refractivity contribution >= 4 is 5.97 Å². The fourth-order valence-electron chi connectivity index (χ4n) is 1.80. The summed E-state index contributed by atoms with van der Waals surface area (Å²) >= 11 is 0. The lowest BCUT2D eigenvalue weighted by molar-refractivity contribution is 0.0695. The van der Waals surface area contributed by atoms with Gasteiger partial charge in [-0.2, -0.15) is 0 Å². The monoisotopic (exact) mass is 233 g/mol. The first-order valence-corrected chi connectivity index (χ1v) is 5.02. The van der Waals surface area contributed by atoms with E-state index in [4.69, 9.17) is 9.63 Å². The number of aryl methyl sites for hydroxylation is 2. The van der Waals surface area contributed by atoms with Crippen molar-refractivity contribution in [1.29, 1.82) is 0 Å². The Labute approximate surface area is 96.9 Å². The van der Waals surface area contributed by atoms with Crippen molar-refractivity contribution in [3.63, 3.8) is 0 Å². The molecule has 0 atom stereocenters. The molecule has 88 valence electrons. The van der Waals surface area contributed by atoms with Crippen LogP contribution in [-0.4, -0.2) is 15.8 Å². The van der Waals surface area contributed by atoms with Crippen molar-refractivity contribution in [2.45, 2.75) is 6.92 Å². The lowest BCUT2D eigenvalue weighted by Gasteiger charge is -2.05. The second-order valence-electron chi connectivity index (χ2n) is 3.72. The van der Waals surface area contributed by atoms with Crippen molar-refractivity contribution < 1.29 is 14.4 Å². The van der Waals surface area contributed by atoms with Gasteiger partial charge in [0, 0.05) is 12.6 Å². The molecule has 0 fully saturated rings. The fourth-order valence-corrected chi connectivity index (χ4v) is 1.80. The molecule has 0 aliphatic rings. The van der Waals surface area contributed by atoms with Crippen molar-refractivity contribution in [1.82, 2.24) is 4.74 Å². The van der Waals surface area contributed by atoms with Crippen LogP contribution in [0.5, 0.6) is 0 Å². The normalized spacial score (nSPS) is 10.5. The fraction of sp³-hybridized carbons (Fsp3) is 0.167. The van der Waals surface area contributed by atoms with Gasteiger partial charge in [-0.15, -0.1) is 0 Å². The summed E-state index contributed by atoms with van der Waals surface area (Å²) in [4.78, 5) is 22.5. The van der Waals surface area contributed by atoms with Crippen LogP contribution in [0.4, 0.5) is 0 Å². The third-order valence-corrected chi connectivity index (χ3v) is 2.59. The van der Waals surface area contributed by atoms with Gasteiger partial charge >= 0.3 is 11.6 Å². The Morgan fingerprint density at radius 3 is 2.59 bits per heavy atom. The van der Waals surface area contributed by atoms with Crippen LogP contribution < -0.4 is 5.63 Å². The Morgan fingerprint density at radius 2 is 2.00 bits per heavy atom. The summed E-state index contributed by atoms with van der Waals surface area (Å²) in [6.45, 7) is 1.85. The largest absolute Gasteiger partial charge is 0.477 e. The summed E-state index contributed by atoms with van der Waals surface area (Å²) in [5, 5.41) is 9.04. The van der Waals surface area contributed by atoms with E-state index >= 15 is 0 Å². The molecule has 0 amide bonds. The number of hydrogen-bond donors (Lipinski definition) is 1. The molecule has 0 unspecified atom stereocenters. The summed E-state index contributed by atoms with van der Waals surface area (Å²) in [6.07, 6.45) is 0. The van der Waals surface area contributed by atoms with Crippen molar-refractivity contribution in [2.24, 2.45) is 7.05 Å². The maximum absolute atomic E-state index is 11.4. The minimum absolute atomic E-state index is 0.292. The van der Waals surface area contributed by atoms with Crippen LogP contribution in [0.3, 0.4) is 0 Å². The zero-order valence-electron chi connectivity index (χ0n) is 9.43. The highest BCUT2D eigenvalue weighted by molar-refractivity contribution is 5.94. The lowest BCUT2D eigenvalue weighted by atomic mass is 10.0. The van der Waals surface area contributed by atoms with Crippen LogP contribution in [0, 0.1) is 6.92 Å². The van der Waals surface area contributed by atoms with E-state index in [1.54, 1.807) is 12.1 Å². The second-order valence-corrected chi connectivity index (χ2v) is 3.72. The third-order valence-electron chi connectivity index (χ3n) is 2.59. The molecule has 0 saturated heterocycles. The van der Waals surface area contributed by atoms with Gasteiger partial charge < -0.3 is 9.63 Å². The molecule has 0 bridgehead atoms. The van der Waals surface area contributed by atoms with E-state index in [9.17, 15) is 9.59 Å². The zero-order chi connectivity index (χ0) is 12.6. The average Bonchev–Trinajstić information content (AvgIpc) is 2.54. The number of carboxylic acid groups (broad SMARTS) is 1. The minimum Gasteiger partial charge on any atom is -0.477 e. The quantitative estimate of drug-likeness (QED) is 0.856. The Kier molecular flexibility index (Phi) is 2.59. The van der Waals surface area contributed by atoms with Crippen LogP contribution in [0.25, 0.3) is 11.3 Å². The van der Waals surface area contributed by atoms with E-state index in [2.05, 4.69) is 0 Å². The third kappa shape index (κ3) is 1.75. The maximum Gasteiger partial charge on any atom is 0.372 e. The van der Waals surface area contributed by atoms with E-state index in [1.807, 2.05) is 19.1 Å². The summed E-state index contributed by atoms with van der Waals surface area (Å²) in [6, 6.07) is 7.23. The number of aromatic carboxylic acids is 1. The van der Waals surface area contributed by atoms with Gasteiger partial charge in [-0.3, -0.25) is 0 Å². The highest BCUT2D eigenvalue weighted by atomic mass is 16.5. The molecule has 0 spiro atoms. The molecule has 5 heteroatoms. The van der Waals surface area contributed by atoms with Crippen LogP contribution in [0.15, 0.2) is 33.6 Å². The average molecular weight is 233 g/mol. The van der Waals surface area contributed by atoms with E-state index in [0.717, 1.165) is 5.56 Å². The van der Waals surface area contributed by atoms with Gasteiger partial charge in [0.25, 0.3) is 0 Å².